The van der Waals surface area contributed by atoms with Crippen LogP contribution in [0.4, 0.5) is 5.00 Å². The van der Waals surface area contributed by atoms with Gasteiger partial charge in [-0.15, -0.1) is 11.3 Å². The first kappa shape index (κ1) is 27.0. The fourth-order valence-corrected chi connectivity index (χ4v) is 7.44. The molecule has 2 heterocycles. The van der Waals surface area contributed by atoms with E-state index in [4.69, 9.17) is 11.6 Å². The van der Waals surface area contributed by atoms with E-state index in [1.54, 1.807) is 29.5 Å². The molecule has 0 spiro atoms. The number of halogens is 1. The summed E-state index contributed by atoms with van der Waals surface area (Å²) in [7, 11) is 0. The molecule has 1 unspecified atom stereocenters. The summed E-state index contributed by atoms with van der Waals surface area (Å²) in [5.74, 6) is 0.934. The predicted molar refractivity (Wildman–Crippen MR) is 157 cm³/mol. The number of rotatable bonds is 5. The number of carbonyl (C=O) groups is 2. The molecule has 2 amide bonds. The number of benzene rings is 2. The van der Waals surface area contributed by atoms with Crippen LogP contribution in [0, 0.1) is 17.3 Å². The summed E-state index contributed by atoms with van der Waals surface area (Å²) < 4.78 is 0. The highest BCUT2D eigenvalue weighted by Crippen LogP contribution is 2.45. The van der Waals surface area contributed by atoms with Crippen molar-refractivity contribution in [1.82, 2.24) is 4.90 Å². The van der Waals surface area contributed by atoms with Gasteiger partial charge in [-0.05, 0) is 79.0 Å². The average molecular weight is 549 g/mol. The zero-order chi connectivity index (χ0) is 26.9. The van der Waals surface area contributed by atoms with Crippen LogP contribution in [0.25, 0.3) is 0 Å². The Balaban J connectivity index is 1.38. The molecule has 4 nitrogen and oxygen atoms in total. The van der Waals surface area contributed by atoms with Gasteiger partial charge in [-0.1, -0.05) is 74.8 Å². The molecule has 1 aliphatic heterocycles. The molecule has 1 atom stereocenters. The molecule has 2 aliphatic rings. The number of nitrogens with one attached hydrogen (secondary N) is 1. The minimum Gasteiger partial charge on any atom is -0.339 e. The first-order valence-electron chi connectivity index (χ1n) is 13.7. The lowest BCUT2D eigenvalue weighted by atomic mass is 9.72. The van der Waals surface area contributed by atoms with Gasteiger partial charge in [0.2, 0.25) is 0 Å². The molecular weight excluding hydrogens is 512 g/mol. The molecule has 0 bridgehead atoms. The Morgan fingerprint density at radius 1 is 1.00 bits per heavy atom. The van der Waals surface area contributed by atoms with E-state index in [2.05, 4.69) is 56.4 Å². The van der Waals surface area contributed by atoms with Crippen LogP contribution in [0.2, 0.25) is 5.02 Å². The first-order valence-corrected chi connectivity index (χ1v) is 14.9. The standard InChI is InChI=1S/C32H37ClN2O2S/c1-32(2,3)23-13-14-25-27(20-23)38-30(34-29(36)24-11-7-8-12-26(24)33)28(25)31(37)35-17-15-22(16-18-35)19-21-9-5-4-6-10-21/h4-12,22-23H,13-20H2,1-3H3,(H,34,36). The van der Waals surface area contributed by atoms with Gasteiger partial charge in [0.05, 0.1) is 16.1 Å². The number of piperidine rings is 1. The monoisotopic (exact) mass is 548 g/mol. The molecule has 38 heavy (non-hydrogen) atoms. The van der Waals surface area contributed by atoms with E-state index in [1.807, 2.05) is 11.0 Å². The minimum atomic E-state index is -0.266. The Bertz CT molecular complexity index is 1300. The van der Waals surface area contributed by atoms with Crippen molar-refractivity contribution in [3.05, 3.63) is 86.8 Å². The molecule has 1 saturated heterocycles. The van der Waals surface area contributed by atoms with Gasteiger partial charge in [-0.25, -0.2) is 0 Å². The van der Waals surface area contributed by atoms with E-state index in [-0.39, 0.29) is 17.2 Å². The fraction of sp³-hybridized carbons (Fsp3) is 0.438. The number of carbonyl (C=O) groups excluding carboxylic acids is 2. The van der Waals surface area contributed by atoms with E-state index < -0.39 is 0 Å². The third-order valence-electron chi connectivity index (χ3n) is 8.32. The molecule has 1 N–H and O–H groups in total. The highest BCUT2D eigenvalue weighted by atomic mass is 35.5. The van der Waals surface area contributed by atoms with E-state index in [0.717, 1.165) is 57.2 Å². The van der Waals surface area contributed by atoms with E-state index in [1.165, 1.54) is 10.4 Å². The summed E-state index contributed by atoms with van der Waals surface area (Å²) in [5.41, 5.74) is 3.84. The van der Waals surface area contributed by atoms with Gasteiger partial charge >= 0.3 is 0 Å². The molecule has 1 aliphatic carbocycles. The van der Waals surface area contributed by atoms with Gasteiger partial charge in [0, 0.05) is 18.0 Å². The van der Waals surface area contributed by atoms with Gasteiger partial charge in [-0.3, -0.25) is 9.59 Å². The number of hydrogen-bond donors (Lipinski definition) is 1. The largest absolute Gasteiger partial charge is 0.339 e. The van der Waals surface area contributed by atoms with Crippen molar-refractivity contribution < 1.29 is 9.59 Å². The molecule has 0 saturated carbocycles. The summed E-state index contributed by atoms with van der Waals surface area (Å²) in [4.78, 5) is 30.5. The second-order valence-electron chi connectivity index (χ2n) is 11.9. The van der Waals surface area contributed by atoms with Crippen molar-refractivity contribution >= 4 is 39.8 Å². The highest BCUT2D eigenvalue weighted by molar-refractivity contribution is 7.17. The SMILES string of the molecule is CC(C)(C)C1CCc2c(sc(NC(=O)c3ccccc3Cl)c2C(=O)N2CCC(Cc3ccccc3)CC2)C1. The molecule has 3 aromatic rings. The smallest absolute Gasteiger partial charge is 0.257 e. The summed E-state index contributed by atoms with van der Waals surface area (Å²) in [5, 5.41) is 4.17. The average Bonchev–Trinajstić information content (AvgIpc) is 3.26. The molecule has 5 rings (SSSR count). The van der Waals surface area contributed by atoms with Crippen molar-refractivity contribution in [3.8, 4) is 0 Å². The highest BCUT2D eigenvalue weighted by Gasteiger charge is 2.36. The lowest BCUT2D eigenvalue weighted by molar-refractivity contribution is 0.0690. The molecule has 1 aromatic heterocycles. The van der Waals surface area contributed by atoms with Gasteiger partial charge < -0.3 is 10.2 Å². The second kappa shape index (κ2) is 11.2. The fourth-order valence-electron chi connectivity index (χ4n) is 5.90. The predicted octanol–water partition coefficient (Wildman–Crippen LogP) is 7.90. The number of nitrogens with zero attached hydrogens (tertiary/aromatic N) is 1. The zero-order valence-corrected chi connectivity index (χ0v) is 24.1. The summed E-state index contributed by atoms with van der Waals surface area (Å²) >= 11 is 7.90. The third kappa shape index (κ3) is 5.84. The summed E-state index contributed by atoms with van der Waals surface area (Å²) in [6, 6.07) is 17.7. The topological polar surface area (TPSA) is 49.4 Å². The molecule has 1 fully saturated rings. The summed E-state index contributed by atoms with van der Waals surface area (Å²) in [6.45, 7) is 8.39. The van der Waals surface area contributed by atoms with Crippen molar-refractivity contribution in [2.24, 2.45) is 17.3 Å². The van der Waals surface area contributed by atoms with Crippen molar-refractivity contribution in [1.29, 1.82) is 0 Å². The van der Waals surface area contributed by atoms with E-state index >= 15 is 0 Å². The molecule has 2 aromatic carbocycles. The number of fused-ring (bicyclic) bond motifs is 1. The van der Waals surface area contributed by atoms with Crippen LogP contribution in [0.5, 0.6) is 0 Å². The van der Waals surface area contributed by atoms with Gasteiger partial charge in [0.15, 0.2) is 0 Å². The van der Waals surface area contributed by atoms with Crippen LogP contribution < -0.4 is 5.32 Å². The van der Waals surface area contributed by atoms with Crippen LogP contribution >= 0.6 is 22.9 Å². The van der Waals surface area contributed by atoms with Crippen LogP contribution in [0.3, 0.4) is 0 Å². The van der Waals surface area contributed by atoms with Crippen LogP contribution in [-0.2, 0) is 19.3 Å². The number of thiophene rings is 1. The number of hydrogen-bond acceptors (Lipinski definition) is 3. The van der Waals surface area contributed by atoms with Crippen LogP contribution in [0.1, 0.15) is 76.8 Å². The minimum absolute atomic E-state index is 0.0596. The maximum atomic E-state index is 14.0. The van der Waals surface area contributed by atoms with E-state index in [9.17, 15) is 9.59 Å². The van der Waals surface area contributed by atoms with Gasteiger partial charge in [-0.2, -0.15) is 0 Å². The zero-order valence-electron chi connectivity index (χ0n) is 22.6. The molecule has 200 valence electrons. The van der Waals surface area contributed by atoms with E-state index in [0.29, 0.717) is 33.0 Å². The third-order valence-corrected chi connectivity index (χ3v) is 9.82. The summed E-state index contributed by atoms with van der Waals surface area (Å²) in [6.07, 6.45) is 5.95. The lowest BCUT2D eigenvalue weighted by Gasteiger charge is -2.35. The Morgan fingerprint density at radius 3 is 2.37 bits per heavy atom. The Labute approximate surface area is 235 Å². The maximum absolute atomic E-state index is 14.0. The Kier molecular flexibility index (Phi) is 7.97. The maximum Gasteiger partial charge on any atom is 0.257 e. The quantitative estimate of drug-likeness (QED) is 0.352. The number of anilines is 1. The Hall–Kier alpha value is -2.63. The van der Waals surface area contributed by atoms with Crippen LogP contribution in [0.15, 0.2) is 54.6 Å². The Morgan fingerprint density at radius 2 is 1.68 bits per heavy atom. The molecule has 6 heteroatoms. The van der Waals surface area contributed by atoms with Gasteiger partial charge in [0.25, 0.3) is 11.8 Å². The van der Waals surface area contributed by atoms with Crippen LogP contribution in [-0.4, -0.2) is 29.8 Å². The normalized spacial score (nSPS) is 18.2. The number of amides is 2. The first-order chi connectivity index (χ1) is 18.2. The molecule has 0 radical (unpaired) electrons. The van der Waals surface area contributed by atoms with Crippen molar-refractivity contribution in [2.45, 2.75) is 59.3 Å². The lowest BCUT2D eigenvalue weighted by Crippen LogP contribution is -2.39. The second-order valence-corrected chi connectivity index (χ2v) is 13.4. The van der Waals surface area contributed by atoms with Crippen molar-refractivity contribution in [3.63, 3.8) is 0 Å². The van der Waals surface area contributed by atoms with Gasteiger partial charge in [0.1, 0.15) is 5.00 Å². The van der Waals surface area contributed by atoms with Crippen molar-refractivity contribution in [2.75, 3.05) is 18.4 Å². The number of likely N-dealkylation sites (tertiary alicyclic amines) is 1. The molecular formula is C32H37ClN2O2S.